The van der Waals surface area contributed by atoms with Crippen molar-refractivity contribution in [1.82, 2.24) is 24.1 Å². The third kappa shape index (κ3) is 3.75. The number of rotatable bonds is 5. The number of H-pyrrole nitrogens is 1. The largest absolute Gasteiger partial charge is 0.300 e. The minimum Gasteiger partial charge on any atom is -0.300 e. The van der Waals surface area contributed by atoms with Crippen LogP contribution in [0.1, 0.15) is 50.0 Å². The van der Waals surface area contributed by atoms with Gasteiger partial charge in [0.1, 0.15) is 0 Å². The summed E-state index contributed by atoms with van der Waals surface area (Å²) in [5.41, 5.74) is 3.33. The second-order valence-electron chi connectivity index (χ2n) is 9.53. The van der Waals surface area contributed by atoms with E-state index in [0.29, 0.717) is 17.6 Å². The molecule has 2 fully saturated rings. The van der Waals surface area contributed by atoms with Gasteiger partial charge < -0.3 is 4.90 Å². The first-order valence-corrected chi connectivity index (χ1v) is 13.6. The molecule has 7 nitrogen and oxygen atoms in total. The Morgan fingerprint density at radius 2 is 1.74 bits per heavy atom. The summed E-state index contributed by atoms with van der Waals surface area (Å²) >= 11 is 0. The van der Waals surface area contributed by atoms with Gasteiger partial charge in [-0.3, -0.25) is 5.10 Å². The lowest BCUT2D eigenvalue weighted by molar-refractivity contribution is 0.182. The molecule has 0 bridgehead atoms. The zero-order valence-corrected chi connectivity index (χ0v) is 19.9. The van der Waals surface area contributed by atoms with Crippen molar-refractivity contribution in [2.45, 2.75) is 55.4 Å². The Kier molecular flexibility index (Phi) is 5.50. The third-order valence-electron chi connectivity index (χ3n) is 7.57. The molecule has 0 amide bonds. The van der Waals surface area contributed by atoms with Crippen molar-refractivity contribution in [2.24, 2.45) is 0 Å². The predicted octanol–water partition coefficient (Wildman–Crippen LogP) is 4.79. The van der Waals surface area contributed by atoms with Gasteiger partial charge in [0.05, 0.1) is 11.1 Å². The summed E-state index contributed by atoms with van der Waals surface area (Å²) in [6, 6.07) is 11.4. The average molecular weight is 476 g/mol. The summed E-state index contributed by atoms with van der Waals surface area (Å²) in [6.45, 7) is 2.50. The molecule has 3 aromatic heterocycles. The van der Waals surface area contributed by atoms with E-state index in [0.717, 1.165) is 29.4 Å². The van der Waals surface area contributed by atoms with Gasteiger partial charge in [0.15, 0.2) is 5.65 Å². The first-order valence-electron chi connectivity index (χ1n) is 12.2. The fourth-order valence-electron chi connectivity index (χ4n) is 5.72. The molecule has 2 aliphatic rings. The first-order chi connectivity index (χ1) is 16.6. The number of likely N-dealkylation sites (tertiary alicyclic amines) is 1. The number of nitrogens with zero attached hydrogens (tertiary/aromatic N) is 4. The van der Waals surface area contributed by atoms with Crippen LogP contribution >= 0.6 is 0 Å². The van der Waals surface area contributed by atoms with Crippen molar-refractivity contribution in [3.63, 3.8) is 0 Å². The molecule has 34 heavy (non-hydrogen) atoms. The van der Waals surface area contributed by atoms with E-state index in [2.05, 4.69) is 21.2 Å². The molecule has 1 aliphatic carbocycles. The first kappa shape index (κ1) is 21.6. The Labute approximate surface area is 199 Å². The number of pyridine rings is 1. The number of aromatic nitrogens is 4. The smallest absolute Gasteiger partial charge is 0.269 e. The molecule has 0 spiro atoms. The lowest BCUT2D eigenvalue weighted by atomic mass is 9.81. The van der Waals surface area contributed by atoms with Crippen molar-refractivity contribution in [3.8, 4) is 11.1 Å². The summed E-state index contributed by atoms with van der Waals surface area (Å²) in [4.78, 5) is 7.63. The van der Waals surface area contributed by atoms with Gasteiger partial charge >= 0.3 is 0 Å². The number of nitrogens with one attached hydrogen (secondary N) is 1. The van der Waals surface area contributed by atoms with Crippen LogP contribution in [0.15, 0.2) is 66.1 Å². The average Bonchev–Trinajstić information content (AvgIpc) is 3.65. The van der Waals surface area contributed by atoms with Crippen LogP contribution in [0, 0.1) is 0 Å². The normalized spacial score (nSPS) is 21.9. The minimum atomic E-state index is -3.77. The van der Waals surface area contributed by atoms with Gasteiger partial charge in [-0.05, 0) is 81.3 Å². The molecule has 0 atom stereocenters. The standard InChI is InChI=1S/C26H29N5O2S/c32-34(33,23-6-2-1-3-7-23)31-18-25(21-16-28-29-17-21)24-14-20(15-27-26(24)31)19-8-10-22(11-9-19)30-12-4-5-13-30/h1-3,6-7,14-19,22H,4-5,8-13H2,(H,28,29). The highest BCUT2D eigenvalue weighted by Gasteiger charge is 2.29. The number of aromatic amines is 1. The predicted molar refractivity (Wildman–Crippen MR) is 132 cm³/mol. The van der Waals surface area contributed by atoms with Crippen molar-refractivity contribution in [1.29, 1.82) is 0 Å². The van der Waals surface area contributed by atoms with Gasteiger partial charge in [-0.15, -0.1) is 0 Å². The monoisotopic (exact) mass is 475 g/mol. The van der Waals surface area contributed by atoms with Gasteiger partial charge in [0, 0.05) is 41.1 Å². The highest BCUT2D eigenvalue weighted by Crippen LogP contribution is 2.38. The van der Waals surface area contributed by atoms with Crippen LogP contribution in [0.2, 0.25) is 0 Å². The maximum absolute atomic E-state index is 13.5. The van der Waals surface area contributed by atoms with Crippen LogP contribution in [-0.4, -0.2) is 51.6 Å². The molecule has 1 saturated carbocycles. The third-order valence-corrected chi connectivity index (χ3v) is 9.23. The maximum Gasteiger partial charge on any atom is 0.269 e. The highest BCUT2D eigenvalue weighted by molar-refractivity contribution is 7.90. The van der Waals surface area contributed by atoms with Gasteiger partial charge in [0.2, 0.25) is 0 Å². The molecular weight excluding hydrogens is 446 g/mol. The lowest BCUT2D eigenvalue weighted by Gasteiger charge is -2.34. The van der Waals surface area contributed by atoms with Gasteiger partial charge in [-0.2, -0.15) is 5.10 Å². The van der Waals surface area contributed by atoms with E-state index in [1.807, 2.05) is 12.3 Å². The van der Waals surface area contributed by atoms with Crippen LogP contribution < -0.4 is 0 Å². The van der Waals surface area contributed by atoms with E-state index in [-0.39, 0.29) is 4.90 Å². The Morgan fingerprint density at radius 1 is 0.971 bits per heavy atom. The molecule has 6 rings (SSSR count). The molecule has 176 valence electrons. The van der Waals surface area contributed by atoms with Crippen molar-refractivity contribution in [2.75, 3.05) is 13.1 Å². The highest BCUT2D eigenvalue weighted by atomic mass is 32.2. The number of benzene rings is 1. The van der Waals surface area contributed by atoms with E-state index >= 15 is 0 Å². The Bertz CT molecular complexity index is 1380. The van der Waals surface area contributed by atoms with Crippen LogP contribution in [0.25, 0.3) is 22.2 Å². The number of fused-ring (bicyclic) bond motifs is 1. The van der Waals surface area contributed by atoms with Crippen LogP contribution in [0.3, 0.4) is 0 Å². The topological polar surface area (TPSA) is 83.9 Å². The van der Waals surface area contributed by atoms with Crippen LogP contribution in [-0.2, 0) is 10.0 Å². The molecular formula is C26H29N5O2S. The van der Waals surface area contributed by atoms with E-state index in [1.165, 1.54) is 48.3 Å². The maximum atomic E-state index is 13.5. The fourth-order valence-corrected chi connectivity index (χ4v) is 7.06. The van der Waals surface area contributed by atoms with E-state index in [1.54, 1.807) is 42.9 Å². The number of hydrogen-bond donors (Lipinski definition) is 1. The van der Waals surface area contributed by atoms with E-state index in [4.69, 9.17) is 4.98 Å². The molecule has 1 aromatic carbocycles. The molecule has 4 heterocycles. The van der Waals surface area contributed by atoms with Crippen LogP contribution in [0.5, 0.6) is 0 Å². The summed E-state index contributed by atoms with van der Waals surface area (Å²) in [6.07, 6.45) is 14.5. The summed E-state index contributed by atoms with van der Waals surface area (Å²) in [5, 5.41) is 7.78. The van der Waals surface area contributed by atoms with Gasteiger partial charge in [-0.1, -0.05) is 18.2 Å². The Hall–Kier alpha value is -2.97. The Morgan fingerprint density at radius 3 is 2.44 bits per heavy atom. The quantitative estimate of drug-likeness (QED) is 0.449. The molecule has 1 aliphatic heterocycles. The van der Waals surface area contributed by atoms with E-state index in [9.17, 15) is 8.42 Å². The SMILES string of the molecule is O=S(=O)(c1ccccc1)n1cc(-c2cn[nH]c2)c2cc(C3CCC(N4CCCC4)CC3)cnc21. The zero-order valence-electron chi connectivity index (χ0n) is 19.1. The van der Waals surface area contributed by atoms with Gasteiger partial charge in [0.25, 0.3) is 10.0 Å². The molecule has 0 unspecified atom stereocenters. The van der Waals surface area contributed by atoms with Crippen molar-refractivity contribution in [3.05, 3.63) is 66.7 Å². The summed E-state index contributed by atoms with van der Waals surface area (Å²) in [5.74, 6) is 0.460. The second kappa shape index (κ2) is 8.67. The van der Waals surface area contributed by atoms with Crippen LogP contribution in [0.4, 0.5) is 0 Å². The summed E-state index contributed by atoms with van der Waals surface area (Å²) in [7, 11) is -3.77. The molecule has 1 saturated heterocycles. The Balaban J connectivity index is 1.38. The van der Waals surface area contributed by atoms with E-state index < -0.39 is 10.0 Å². The lowest BCUT2D eigenvalue weighted by Crippen LogP contribution is -2.35. The zero-order chi connectivity index (χ0) is 23.1. The molecule has 0 radical (unpaired) electrons. The fraction of sp³-hybridized carbons (Fsp3) is 0.385. The van der Waals surface area contributed by atoms with Crippen molar-refractivity contribution >= 4 is 21.1 Å². The summed E-state index contributed by atoms with van der Waals surface area (Å²) < 4.78 is 28.3. The van der Waals surface area contributed by atoms with Gasteiger partial charge in [-0.25, -0.2) is 17.4 Å². The molecule has 1 N–H and O–H groups in total. The number of hydrogen-bond acceptors (Lipinski definition) is 5. The molecule has 4 aromatic rings. The molecule has 8 heteroatoms. The second-order valence-corrected chi connectivity index (χ2v) is 11.3. The van der Waals surface area contributed by atoms with Crippen molar-refractivity contribution < 1.29 is 8.42 Å². The minimum absolute atomic E-state index is 0.247.